The Balaban J connectivity index is 1.22. The number of aliphatic hydroxyl groups excluding tert-OH is 1. The van der Waals surface area contributed by atoms with Crippen molar-refractivity contribution in [1.82, 2.24) is 19.5 Å². The summed E-state index contributed by atoms with van der Waals surface area (Å²) in [4.78, 5) is 14.1. The molecule has 0 spiro atoms. The van der Waals surface area contributed by atoms with Crippen LogP contribution in [0.5, 0.6) is 17.5 Å². The van der Waals surface area contributed by atoms with E-state index in [4.69, 9.17) is 24.2 Å². The molecule has 0 aliphatic carbocycles. The molecule has 8 nitrogen and oxygen atoms in total. The Hall–Kier alpha value is -5.21. The number of aromatic nitrogens is 4. The number of hydrogen-bond acceptors (Lipinski definition) is 7. The first-order valence-corrected chi connectivity index (χ1v) is 16.6. The lowest BCUT2D eigenvalue weighted by molar-refractivity contribution is 0.150. The molecule has 4 bridgehead atoms. The predicted molar refractivity (Wildman–Crippen MR) is 188 cm³/mol. The Morgan fingerprint density at radius 3 is 2.65 bits per heavy atom. The highest BCUT2D eigenvalue weighted by atomic mass is 16.5. The van der Waals surface area contributed by atoms with E-state index in [-0.39, 0.29) is 0 Å². The molecule has 1 aliphatic heterocycles. The quantitative estimate of drug-likeness (QED) is 0.191. The SMILES string of the molecule is CCC(O)Cn1c(Cc2ccc3cc2OCCCc2cc(-c4ccnc(OC)c4)ccc2COc2cccc-3n2)nc2ccc(C)cc21. The average Bonchev–Trinajstić information content (AvgIpc) is 3.44. The van der Waals surface area contributed by atoms with Crippen molar-refractivity contribution in [2.24, 2.45) is 0 Å². The summed E-state index contributed by atoms with van der Waals surface area (Å²) < 4.78 is 20.4. The minimum absolute atomic E-state index is 0.421. The first-order valence-electron chi connectivity index (χ1n) is 16.6. The number of methoxy groups -OCH3 is 1. The van der Waals surface area contributed by atoms with Gasteiger partial charge in [0, 0.05) is 35.9 Å². The Labute approximate surface area is 281 Å². The van der Waals surface area contributed by atoms with Gasteiger partial charge in [-0.3, -0.25) is 0 Å². The van der Waals surface area contributed by atoms with Crippen LogP contribution in [0.2, 0.25) is 0 Å². The highest BCUT2D eigenvalue weighted by Crippen LogP contribution is 2.32. The molecule has 8 heteroatoms. The smallest absolute Gasteiger partial charge is 0.214 e. The van der Waals surface area contributed by atoms with E-state index in [1.165, 1.54) is 5.56 Å². The molecule has 3 aromatic carbocycles. The van der Waals surface area contributed by atoms with E-state index in [0.717, 1.165) is 74.5 Å². The Bertz CT molecular complexity index is 2070. The van der Waals surface area contributed by atoms with Crippen LogP contribution < -0.4 is 14.2 Å². The van der Waals surface area contributed by atoms with Crippen molar-refractivity contribution in [1.29, 1.82) is 0 Å². The maximum atomic E-state index is 10.7. The van der Waals surface area contributed by atoms with Crippen molar-refractivity contribution in [3.05, 3.63) is 119 Å². The minimum Gasteiger partial charge on any atom is -0.493 e. The molecule has 6 aromatic rings. The van der Waals surface area contributed by atoms with Crippen LogP contribution in [0.25, 0.3) is 33.4 Å². The molecule has 0 saturated carbocycles. The predicted octanol–water partition coefficient (Wildman–Crippen LogP) is 7.74. The summed E-state index contributed by atoms with van der Waals surface area (Å²) in [5, 5.41) is 10.7. The normalized spacial score (nSPS) is 13.6. The van der Waals surface area contributed by atoms with E-state index in [2.05, 4.69) is 71.1 Å². The summed E-state index contributed by atoms with van der Waals surface area (Å²) in [5.41, 5.74) is 10.4. The number of ether oxygens (including phenoxy) is 3. The highest BCUT2D eigenvalue weighted by Gasteiger charge is 2.18. The van der Waals surface area contributed by atoms with Crippen LogP contribution in [-0.2, 0) is 26.0 Å². The zero-order chi connectivity index (χ0) is 33.0. The Kier molecular flexibility index (Phi) is 9.07. The van der Waals surface area contributed by atoms with E-state index in [0.29, 0.717) is 44.4 Å². The van der Waals surface area contributed by atoms with Crippen LogP contribution in [0.15, 0.2) is 91.1 Å². The molecule has 1 unspecified atom stereocenters. The lowest BCUT2D eigenvalue weighted by Crippen LogP contribution is -2.17. The summed E-state index contributed by atoms with van der Waals surface area (Å²) in [5.74, 6) is 2.86. The fourth-order valence-corrected chi connectivity index (χ4v) is 6.26. The van der Waals surface area contributed by atoms with Crippen LogP contribution in [0, 0.1) is 6.92 Å². The van der Waals surface area contributed by atoms with Gasteiger partial charge in [-0.2, -0.15) is 0 Å². The lowest BCUT2D eigenvalue weighted by Gasteiger charge is -2.18. The molecule has 244 valence electrons. The summed E-state index contributed by atoms with van der Waals surface area (Å²) in [6, 6.07) is 28.9. The second-order valence-electron chi connectivity index (χ2n) is 12.4. The Morgan fingerprint density at radius 2 is 1.77 bits per heavy atom. The number of aliphatic hydroxyl groups is 1. The number of hydrogen-bond donors (Lipinski definition) is 1. The molecule has 48 heavy (non-hydrogen) atoms. The van der Waals surface area contributed by atoms with Crippen molar-refractivity contribution in [2.75, 3.05) is 13.7 Å². The van der Waals surface area contributed by atoms with E-state index in [1.54, 1.807) is 13.3 Å². The van der Waals surface area contributed by atoms with Gasteiger partial charge in [0.2, 0.25) is 11.8 Å². The molecule has 7 rings (SSSR count). The maximum absolute atomic E-state index is 10.7. The largest absolute Gasteiger partial charge is 0.493 e. The molecule has 1 N–H and O–H groups in total. The molecule has 4 heterocycles. The van der Waals surface area contributed by atoms with E-state index < -0.39 is 6.10 Å². The van der Waals surface area contributed by atoms with Crippen molar-refractivity contribution >= 4 is 11.0 Å². The standard InChI is InChI=1S/C40H40N4O4/c1-4-33(45)24-44-36-19-26(2)10-15-35(36)42-38(44)22-31-13-12-30-21-37(31)47-18-6-7-27-20-28(29-16-17-41-40(23-29)46-3)11-14-32(27)25-48-39-9-5-8-34(30)43-39/h5,8-17,19-21,23,33,45H,4,6-7,18,22,24-25H2,1-3H3. The summed E-state index contributed by atoms with van der Waals surface area (Å²) in [7, 11) is 1.63. The van der Waals surface area contributed by atoms with Gasteiger partial charge in [0.05, 0.1) is 43.1 Å². The third-order valence-corrected chi connectivity index (χ3v) is 8.99. The van der Waals surface area contributed by atoms with Gasteiger partial charge >= 0.3 is 0 Å². The van der Waals surface area contributed by atoms with Crippen molar-refractivity contribution in [3.63, 3.8) is 0 Å². The second-order valence-corrected chi connectivity index (χ2v) is 12.4. The molecule has 0 saturated heterocycles. The Morgan fingerprint density at radius 1 is 0.896 bits per heavy atom. The molecular weight excluding hydrogens is 600 g/mol. The van der Waals surface area contributed by atoms with E-state index in [9.17, 15) is 5.11 Å². The van der Waals surface area contributed by atoms with E-state index >= 15 is 0 Å². The molecular formula is C40H40N4O4. The number of imidazole rings is 1. The number of nitrogens with zero attached hydrogens (tertiary/aromatic N) is 4. The van der Waals surface area contributed by atoms with Crippen molar-refractivity contribution in [3.8, 4) is 39.9 Å². The van der Waals surface area contributed by atoms with Gasteiger partial charge in [-0.05, 0) is 84.3 Å². The monoisotopic (exact) mass is 640 g/mol. The maximum Gasteiger partial charge on any atom is 0.214 e. The average molecular weight is 641 g/mol. The van der Waals surface area contributed by atoms with Crippen LogP contribution in [-0.4, -0.2) is 44.4 Å². The fraction of sp³-hybridized carbons (Fsp3) is 0.275. The second kappa shape index (κ2) is 13.9. The number of benzene rings is 3. The first-order chi connectivity index (χ1) is 23.5. The molecule has 0 amide bonds. The number of pyridine rings is 2. The molecule has 3 aromatic heterocycles. The van der Waals surface area contributed by atoms with Crippen LogP contribution in [0.3, 0.4) is 0 Å². The molecule has 1 atom stereocenters. The molecule has 0 fully saturated rings. The summed E-state index contributed by atoms with van der Waals surface area (Å²) in [6.45, 7) is 5.54. The van der Waals surface area contributed by atoms with Gasteiger partial charge in [0.1, 0.15) is 18.2 Å². The van der Waals surface area contributed by atoms with Gasteiger partial charge < -0.3 is 23.9 Å². The number of aryl methyl sites for hydroxylation is 2. The first kappa shape index (κ1) is 31.4. The number of fused-ring (bicyclic) bond motifs is 7. The highest BCUT2D eigenvalue weighted by molar-refractivity contribution is 5.77. The van der Waals surface area contributed by atoms with Crippen LogP contribution in [0.1, 0.15) is 47.8 Å². The van der Waals surface area contributed by atoms with Gasteiger partial charge in [0.25, 0.3) is 0 Å². The van der Waals surface area contributed by atoms with Crippen LogP contribution in [0.4, 0.5) is 0 Å². The van der Waals surface area contributed by atoms with Crippen molar-refractivity contribution < 1.29 is 19.3 Å². The summed E-state index contributed by atoms with van der Waals surface area (Å²) in [6.07, 6.45) is 4.19. The van der Waals surface area contributed by atoms with Crippen LogP contribution >= 0.6 is 0 Å². The van der Waals surface area contributed by atoms with Gasteiger partial charge in [-0.15, -0.1) is 0 Å². The summed E-state index contributed by atoms with van der Waals surface area (Å²) >= 11 is 0. The number of rotatable bonds is 7. The molecule has 0 radical (unpaired) electrons. The zero-order valence-electron chi connectivity index (χ0n) is 27.6. The third kappa shape index (κ3) is 6.75. The van der Waals surface area contributed by atoms with Crippen molar-refractivity contribution in [2.45, 2.75) is 58.8 Å². The topological polar surface area (TPSA) is 91.5 Å². The van der Waals surface area contributed by atoms with Gasteiger partial charge in [0.15, 0.2) is 0 Å². The fourth-order valence-electron chi connectivity index (χ4n) is 6.26. The van der Waals surface area contributed by atoms with Gasteiger partial charge in [-0.1, -0.05) is 49.4 Å². The molecule has 1 aliphatic rings. The van der Waals surface area contributed by atoms with E-state index in [1.807, 2.05) is 37.3 Å². The van der Waals surface area contributed by atoms with Gasteiger partial charge in [-0.25, -0.2) is 15.0 Å². The minimum atomic E-state index is -0.456. The lowest BCUT2D eigenvalue weighted by atomic mass is 9.97. The third-order valence-electron chi connectivity index (χ3n) is 8.99. The zero-order valence-corrected chi connectivity index (χ0v) is 27.6.